The molecule has 0 spiro atoms. The molecule has 0 fully saturated rings. The Labute approximate surface area is 136 Å². The lowest BCUT2D eigenvalue weighted by molar-refractivity contribution is -0.118. The van der Waals surface area contributed by atoms with E-state index in [1.807, 2.05) is 18.2 Å². The molecule has 2 aromatic rings. The normalized spacial score (nSPS) is 9.91. The van der Waals surface area contributed by atoms with Gasteiger partial charge in [0.1, 0.15) is 5.75 Å². The molecule has 5 nitrogen and oxygen atoms in total. The Morgan fingerprint density at radius 3 is 2.64 bits per heavy atom. The number of anilines is 1. The number of ether oxygens (including phenoxy) is 1. The van der Waals surface area contributed by atoms with Gasteiger partial charge in [-0.1, -0.05) is 18.2 Å². The largest absolute Gasteiger partial charge is 0.483 e. The lowest BCUT2D eigenvalue weighted by atomic mass is 10.2. The maximum atomic E-state index is 11.9. The second kappa shape index (κ2) is 7.61. The SMILES string of the molecule is CNC(=O)c1cccc(NC(=O)COc2ccccc2Br)c1. The number of carbonyl (C=O) groups excluding carboxylic acids is 2. The van der Waals surface area contributed by atoms with Gasteiger partial charge in [0.15, 0.2) is 6.61 Å². The zero-order valence-corrected chi connectivity index (χ0v) is 13.5. The van der Waals surface area contributed by atoms with Crippen LogP contribution in [0, 0.1) is 0 Å². The first-order valence-corrected chi connectivity index (χ1v) is 7.39. The summed E-state index contributed by atoms with van der Waals surface area (Å²) in [5, 5.41) is 5.22. The highest BCUT2D eigenvalue weighted by Crippen LogP contribution is 2.23. The van der Waals surface area contributed by atoms with Gasteiger partial charge in [0.25, 0.3) is 11.8 Å². The number of para-hydroxylation sites is 1. The lowest BCUT2D eigenvalue weighted by Gasteiger charge is -2.09. The van der Waals surface area contributed by atoms with Crippen molar-refractivity contribution in [2.24, 2.45) is 0 Å². The van der Waals surface area contributed by atoms with Gasteiger partial charge in [0, 0.05) is 18.3 Å². The van der Waals surface area contributed by atoms with Gasteiger partial charge in [-0.25, -0.2) is 0 Å². The van der Waals surface area contributed by atoms with Crippen molar-refractivity contribution in [2.45, 2.75) is 0 Å². The highest BCUT2D eigenvalue weighted by Gasteiger charge is 2.08. The Morgan fingerprint density at radius 1 is 1.14 bits per heavy atom. The second-order valence-electron chi connectivity index (χ2n) is 4.43. The van der Waals surface area contributed by atoms with E-state index in [0.717, 1.165) is 4.47 Å². The Bertz CT molecular complexity index is 689. The summed E-state index contributed by atoms with van der Waals surface area (Å²) in [4.78, 5) is 23.4. The molecule has 0 aliphatic heterocycles. The smallest absolute Gasteiger partial charge is 0.262 e. The molecule has 0 saturated carbocycles. The monoisotopic (exact) mass is 362 g/mol. The maximum absolute atomic E-state index is 11.9. The van der Waals surface area contributed by atoms with Crippen LogP contribution in [-0.4, -0.2) is 25.5 Å². The molecule has 2 rings (SSSR count). The average molecular weight is 363 g/mol. The van der Waals surface area contributed by atoms with Crippen LogP contribution in [-0.2, 0) is 4.79 Å². The van der Waals surface area contributed by atoms with Crippen LogP contribution in [0.5, 0.6) is 5.75 Å². The molecule has 6 heteroatoms. The van der Waals surface area contributed by atoms with Gasteiger partial charge in [0.2, 0.25) is 0 Å². The molecule has 0 bridgehead atoms. The van der Waals surface area contributed by atoms with Gasteiger partial charge in [-0.05, 0) is 46.3 Å². The summed E-state index contributed by atoms with van der Waals surface area (Å²) >= 11 is 3.35. The molecular formula is C16H15BrN2O3. The van der Waals surface area contributed by atoms with Crippen LogP contribution in [0.3, 0.4) is 0 Å². The number of hydrogen-bond donors (Lipinski definition) is 2. The van der Waals surface area contributed by atoms with Gasteiger partial charge < -0.3 is 15.4 Å². The van der Waals surface area contributed by atoms with Gasteiger partial charge in [-0.3, -0.25) is 9.59 Å². The van der Waals surface area contributed by atoms with Crippen LogP contribution in [0.2, 0.25) is 0 Å². The van der Waals surface area contributed by atoms with Gasteiger partial charge >= 0.3 is 0 Å². The maximum Gasteiger partial charge on any atom is 0.262 e. The fraction of sp³-hybridized carbons (Fsp3) is 0.125. The number of nitrogens with one attached hydrogen (secondary N) is 2. The predicted molar refractivity (Wildman–Crippen MR) is 88.1 cm³/mol. The third kappa shape index (κ3) is 4.33. The molecule has 0 aromatic heterocycles. The van der Waals surface area contributed by atoms with Crippen molar-refractivity contribution in [1.29, 1.82) is 0 Å². The molecule has 2 N–H and O–H groups in total. The minimum atomic E-state index is -0.301. The third-order valence-electron chi connectivity index (χ3n) is 2.83. The molecule has 0 aliphatic rings. The Morgan fingerprint density at radius 2 is 1.91 bits per heavy atom. The summed E-state index contributed by atoms with van der Waals surface area (Å²) in [6, 6.07) is 14.0. The first kappa shape index (κ1) is 16.0. The molecule has 114 valence electrons. The van der Waals surface area contributed by atoms with E-state index in [9.17, 15) is 9.59 Å². The first-order valence-electron chi connectivity index (χ1n) is 6.59. The minimum absolute atomic E-state index is 0.118. The first-order chi connectivity index (χ1) is 10.6. The standard InChI is InChI=1S/C16H15BrN2O3/c1-18-16(21)11-5-4-6-12(9-11)19-15(20)10-22-14-8-3-2-7-13(14)17/h2-9H,10H2,1H3,(H,18,21)(H,19,20). The van der Waals surface area contributed by atoms with Crippen LogP contribution in [0.4, 0.5) is 5.69 Å². The van der Waals surface area contributed by atoms with E-state index in [2.05, 4.69) is 26.6 Å². The van der Waals surface area contributed by atoms with Crippen LogP contribution in [0.15, 0.2) is 53.0 Å². The van der Waals surface area contributed by atoms with Crippen molar-refractivity contribution in [3.05, 3.63) is 58.6 Å². The average Bonchev–Trinajstić information content (AvgIpc) is 2.53. The molecule has 0 aliphatic carbocycles. The van der Waals surface area contributed by atoms with Crippen molar-refractivity contribution in [1.82, 2.24) is 5.32 Å². The molecular weight excluding hydrogens is 348 g/mol. The lowest BCUT2D eigenvalue weighted by Crippen LogP contribution is -2.21. The van der Waals surface area contributed by atoms with Crippen LogP contribution < -0.4 is 15.4 Å². The molecule has 22 heavy (non-hydrogen) atoms. The van der Waals surface area contributed by atoms with E-state index < -0.39 is 0 Å². The topological polar surface area (TPSA) is 67.4 Å². The summed E-state index contributed by atoms with van der Waals surface area (Å²) in [5.41, 5.74) is 1.02. The third-order valence-corrected chi connectivity index (χ3v) is 3.49. The molecule has 0 unspecified atom stereocenters. The fourth-order valence-corrected chi connectivity index (χ4v) is 2.18. The molecule has 2 amide bonds. The summed E-state index contributed by atoms with van der Waals surface area (Å²) < 4.78 is 6.21. The van der Waals surface area contributed by atoms with Crippen molar-refractivity contribution in [3.63, 3.8) is 0 Å². The van der Waals surface area contributed by atoms with E-state index in [0.29, 0.717) is 17.0 Å². The Balaban J connectivity index is 1.95. The zero-order chi connectivity index (χ0) is 15.9. The summed E-state index contributed by atoms with van der Waals surface area (Å²) in [5.74, 6) is 0.0853. The van der Waals surface area contributed by atoms with E-state index in [1.54, 1.807) is 37.4 Å². The van der Waals surface area contributed by atoms with Crippen molar-refractivity contribution in [3.8, 4) is 5.75 Å². The Hall–Kier alpha value is -2.34. The van der Waals surface area contributed by atoms with Gasteiger partial charge in [-0.15, -0.1) is 0 Å². The summed E-state index contributed by atoms with van der Waals surface area (Å²) in [7, 11) is 1.55. The second-order valence-corrected chi connectivity index (χ2v) is 5.28. The van der Waals surface area contributed by atoms with Gasteiger partial charge in [0.05, 0.1) is 4.47 Å². The van der Waals surface area contributed by atoms with E-state index in [1.165, 1.54) is 0 Å². The number of hydrogen-bond acceptors (Lipinski definition) is 3. The highest BCUT2D eigenvalue weighted by atomic mass is 79.9. The molecule has 0 atom stereocenters. The Kier molecular flexibility index (Phi) is 5.55. The number of amides is 2. The number of halogens is 1. The van der Waals surface area contributed by atoms with E-state index >= 15 is 0 Å². The van der Waals surface area contributed by atoms with Crippen LogP contribution in [0.25, 0.3) is 0 Å². The fourth-order valence-electron chi connectivity index (χ4n) is 1.78. The molecule has 0 radical (unpaired) electrons. The van der Waals surface area contributed by atoms with E-state index in [4.69, 9.17) is 4.74 Å². The van der Waals surface area contributed by atoms with Crippen molar-refractivity contribution < 1.29 is 14.3 Å². The van der Waals surface area contributed by atoms with Crippen molar-refractivity contribution >= 4 is 33.4 Å². The van der Waals surface area contributed by atoms with E-state index in [-0.39, 0.29) is 18.4 Å². The number of rotatable bonds is 5. The zero-order valence-electron chi connectivity index (χ0n) is 11.9. The predicted octanol–water partition coefficient (Wildman–Crippen LogP) is 2.83. The quantitative estimate of drug-likeness (QED) is 0.859. The molecule has 0 saturated heterocycles. The van der Waals surface area contributed by atoms with Gasteiger partial charge in [-0.2, -0.15) is 0 Å². The van der Waals surface area contributed by atoms with Crippen molar-refractivity contribution in [2.75, 3.05) is 19.0 Å². The van der Waals surface area contributed by atoms with Crippen LogP contribution in [0.1, 0.15) is 10.4 Å². The number of benzene rings is 2. The minimum Gasteiger partial charge on any atom is -0.483 e. The highest BCUT2D eigenvalue weighted by molar-refractivity contribution is 9.10. The molecule has 0 heterocycles. The molecule has 2 aromatic carbocycles. The van der Waals surface area contributed by atoms with Crippen LogP contribution >= 0.6 is 15.9 Å². The summed E-state index contributed by atoms with van der Waals surface area (Å²) in [6.45, 7) is -0.118. The summed E-state index contributed by atoms with van der Waals surface area (Å²) in [6.07, 6.45) is 0. The number of carbonyl (C=O) groups is 2.